The van der Waals surface area contributed by atoms with E-state index >= 15 is 0 Å². The lowest BCUT2D eigenvalue weighted by Crippen LogP contribution is -2.14. The number of benzene rings is 1. The van der Waals surface area contributed by atoms with Crippen molar-refractivity contribution in [3.8, 4) is 5.75 Å². The number of rotatable bonds is 6. The van der Waals surface area contributed by atoms with Crippen LogP contribution < -0.4 is 4.74 Å². The van der Waals surface area contributed by atoms with Gasteiger partial charge in [0.1, 0.15) is 0 Å². The van der Waals surface area contributed by atoms with E-state index in [-0.39, 0.29) is 11.8 Å². The van der Waals surface area contributed by atoms with E-state index in [1.165, 1.54) is 6.07 Å². The maximum absolute atomic E-state index is 10.9. The molecule has 1 aromatic carbocycles. The molecule has 4 nitrogen and oxygen atoms in total. The minimum atomic E-state index is -0.435. The van der Waals surface area contributed by atoms with E-state index in [2.05, 4.69) is 0 Å². The van der Waals surface area contributed by atoms with Crippen molar-refractivity contribution in [1.82, 2.24) is 0 Å². The highest BCUT2D eigenvalue weighted by molar-refractivity contribution is 6.17. The first-order valence-corrected chi connectivity index (χ1v) is 6.15. The summed E-state index contributed by atoms with van der Waals surface area (Å²) in [5, 5.41) is 10.9. The van der Waals surface area contributed by atoms with Crippen molar-refractivity contribution in [2.24, 2.45) is 0 Å². The standard InChI is InChI=1S/C12H16ClNO3/c1-3-10(4-2)17-12-7-9(8-13)5-6-11(12)14(15)16/h5-7,10H,3-4,8H2,1-2H3. The van der Waals surface area contributed by atoms with Crippen LogP contribution in [0.25, 0.3) is 0 Å². The van der Waals surface area contributed by atoms with Crippen molar-refractivity contribution < 1.29 is 9.66 Å². The number of alkyl halides is 1. The third-order valence-corrected chi connectivity index (χ3v) is 2.89. The van der Waals surface area contributed by atoms with Gasteiger partial charge in [0, 0.05) is 11.9 Å². The van der Waals surface area contributed by atoms with Crippen molar-refractivity contribution in [3.05, 3.63) is 33.9 Å². The molecule has 0 heterocycles. The Morgan fingerprint density at radius 3 is 2.53 bits per heavy atom. The molecule has 5 heteroatoms. The molecule has 0 fully saturated rings. The molecular formula is C12H16ClNO3. The van der Waals surface area contributed by atoms with Crippen LogP contribution >= 0.6 is 11.6 Å². The lowest BCUT2D eigenvalue weighted by atomic mass is 10.2. The van der Waals surface area contributed by atoms with Gasteiger partial charge in [0.15, 0.2) is 5.75 Å². The SMILES string of the molecule is CCC(CC)Oc1cc(CCl)ccc1[N+](=O)[O-]. The first-order chi connectivity index (χ1) is 8.12. The summed E-state index contributed by atoms with van der Waals surface area (Å²) in [5.74, 6) is 0.624. The lowest BCUT2D eigenvalue weighted by molar-refractivity contribution is -0.386. The van der Waals surface area contributed by atoms with Crippen LogP contribution in [-0.4, -0.2) is 11.0 Å². The van der Waals surface area contributed by atoms with Gasteiger partial charge in [-0.05, 0) is 24.5 Å². The minimum absolute atomic E-state index is 0.000671. The predicted octanol–water partition coefficient (Wildman–Crippen LogP) is 3.90. The van der Waals surface area contributed by atoms with Gasteiger partial charge in [-0.1, -0.05) is 19.9 Å². The smallest absolute Gasteiger partial charge is 0.310 e. The highest BCUT2D eigenvalue weighted by atomic mass is 35.5. The molecule has 0 aliphatic heterocycles. The minimum Gasteiger partial charge on any atom is -0.484 e. The van der Waals surface area contributed by atoms with Crippen LogP contribution in [0, 0.1) is 10.1 Å². The Labute approximate surface area is 106 Å². The van der Waals surface area contributed by atoms with E-state index in [9.17, 15) is 10.1 Å². The van der Waals surface area contributed by atoms with Crippen LogP contribution in [0.1, 0.15) is 32.3 Å². The fourth-order valence-corrected chi connectivity index (χ4v) is 1.69. The van der Waals surface area contributed by atoms with Gasteiger partial charge in [-0.15, -0.1) is 11.6 Å². The van der Waals surface area contributed by atoms with Crippen LogP contribution in [-0.2, 0) is 5.88 Å². The summed E-state index contributed by atoms with van der Waals surface area (Å²) in [5.41, 5.74) is 0.809. The molecule has 0 spiro atoms. The van der Waals surface area contributed by atoms with Crippen molar-refractivity contribution in [2.45, 2.75) is 38.7 Å². The van der Waals surface area contributed by atoms with Gasteiger partial charge in [-0.2, -0.15) is 0 Å². The molecule has 0 amide bonds. The van der Waals surface area contributed by atoms with Gasteiger partial charge in [0.05, 0.1) is 11.0 Å². The predicted molar refractivity (Wildman–Crippen MR) is 67.7 cm³/mol. The fourth-order valence-electron chi connectivity index (χ4n) is 1.52. The van der Waals surface area contributed by atoms with Crippen molar-refractivity contribution in [1.29, 1.82) is 0 Å². The van der Waals surface area contributed by atoms with Crippen LogP contribution in [0.5, 0.6) is 5.75 Å². The zero-order chi connectivity index (χ0) is 12.8. The first kappa shape index (κ1) is 13.8. The van der Waals surface area contributed by atoms with Crippen molar-refractivity contribution in [3.63, 3.8) is 0 Å². The topological polar surface area (TPSA) is 52.4 Å². The van der Waals surface area contributed by atoms with Gasteiger partial charge in [-0.25, -0.2) is 0 Å². The van der Waals surface area contributed by atoms with E-state index in [1.807, 2.05) is 13.8 Å². The van der Waals surface area contributed by atoms with Gasteiger partial charge < -0.3 is 4.74 Å². The molecule has 0 saturated carbocycles. The second-order valence-corrected chi connectivity index (χ2v) is 4.02. The maximum Gasteiger partial charge on any atom is 0.310 e. The molecule has 0 saturated heterocycles. The Bertz CT molecular complexity index is 391. The number of hydrogen-bond acceptors (Lipinski definition) is 3. The van der Waals surface area contributed by atoms with Gasteiger partial charge in [-0.3, -0.25) is 10.1 Å². The van der Waals surface area contributed by atoms with E-state index in [4.69, 9.17) is 16.3 Å². The second kappa shape index (κ2) is 6.45. The third kappa shape index (κ3) is 3.60. The molecule has 1 rings (SSSR count). The highest BCUT2D eigenvalue weighted by Crippen LogP contribution is 2.30. The van der Waals surface area contributed by atoms with E-state index in [0.717, 1.165) is 18.4 Å². The van der Waals surface area contributed by atoms with Crippen molar-refractivity contribution in [2.75, 3.05) is 0 Å². The number of nitro benzene ring substituents is 1. The fraction of sp³-hybridized carbons (Fsp3) is 0.500. The Morgan fingerprint density at radius 2 is 2.06 bits per heavy atom. The zero-order valence-electron chi connectivity index (χ0n) is 9.98. The Hall–Kier alpha value is -1.29. The van der Waals surface area contributed by atoms with Crippen LogP contribution in [0.2, 0.25) is 0 Å². The van der Waals surface area contributed by atoms with Crippen LogP contribution in [0.15, 0.2) is 18.2 Å². The summed E-state index contributed by atoms with van der Waals surface area (Å²) in [6, 6.07) is 4.73. The quantitative estimate of drug-likeness (QED) is 0.441. The summed E-state index contributed by atoms with van der Waals surface area (Å²) < 4.78 is 5.65. The second-order valence-electron chi connectivity index (χ2n) is 3.75. The first-order valence-electron chi connectivity index (χ1n) is 5.62. The van der Waals surface area contributed by atoms with Gasteiger partial charge in [0.2, 0.25) is 0 Å². The number of halogens is 1. The molecule has 17 heavy (non-hydrogen) atoms. The maximum atomic E-state index is 10.9. The number of nitro groups is 1. The molecular weight excluding hydrogens is 242 g/mol. The molecule has 0 unspecified atom stereocenters. The number of hydrogen-bond donors (Lipinski definition) is 0. The van der Waals surface area contributed by atoms with E-state index in [0.29, 0.717) is 11.6 Å². The number of nitrogens with zero attached hydrogens (tertiary/aromatic N) is 1. The van der Waals surface area contributed by atoms with E-state index in [1.54, 1.807) is 12.1 Å². The Kier molecular flexibility index (Phi) is 5.22. The van der Waals surface area contributed by atoms with Gasteiger partial charge >= 0.3 is 5.69 Å². The third-order valence-electron chi connectivity index (χ3n) is 2.58. The number of ether oxygens (including phenoxy) is 1. The average molecular weight is 258 g/mol. The highest BCUT2D eigenvalue weighted by Gasteiger charge is 2.18. The molecule has 0 aromatic heterocycles. The van der Waals surface area contributed by atoms with Crippen LogP contribution in [0.4, 0.5) is 5.69 Å². The summed E-state index contributed by atoms with van der Waals surface area (Å²) in [6.07, 6.45) is 1.64. The summed E-state index contributed by atoms with van der Waals surface area (Å²) >= 11 is 5.71. The van der Waals surface area contributed by atoms with Crippen LogP contribution in [0.3, 0.4) is 0 Å². The Morgan fingerprint density at radius 1 is 1.41 bits per heavy atom. The molecule has 0 N–H and O–H groups in total. The molecule has 0 aliphatic carbocycles. The molecule has 0 atom stereocenters. The monoisotopic (exact) mass is 257 g/mol. The lowest BCUT2D eigenvalue weighted by Gasteiger charge is -2.15. The summed E-state index contributed by atoms with van der Waals surface area (Å²) in [4.78, 5) is 10.4. The summed E-state index contributed by atoms with van der Waals surface area (Å²) in [6.45, 7) is 3.98. The normalized spacial score (nSPS) is 10.6. The summed E-state index contributed by atoms with van der Waals surface area (Å²) in [7, 11) is 0. The average Bonchev–Trinajstić information content (AvgIpc) is 2.35. The van der Waals surface area contributed by atoms with Gasteiger partial charge in [0.25, 0.3) is 0 Å². The zero-order valence-corrected chi connectivity index (χ0v) is 10.7. The Balaban J connectivity index is 3.04. The van der Waals surface area contributed by atoms with E-state index < -0.39 is 4.92 Å². The molecule has 0 bridgehead atoms. The molecule has 0 radical (unpaired) electrons. The largest absolute Gasteiger partial charge is 0.484 e. The molecule has 0 aliphatic rings. The molecule has 94 valence electrons. The van der Waals surface area contributed by atoms with Crippen molar-refractivity contribution >= 4 is 17.3 Å². The molecule has 1 aromatic rings.